The van der Waals surface area contributed by atoms with E-state index in [0.29, 0.717) is 11.1 Å². The average molecular weight is 357 g/mol. The third-order valence-corrected chi connectivity index (χ3v) is 3.76. The Balaban J connectivity index is 1.98. The molecule has 0 fully saturated rings. The van der Waals surface area contributed by atoms with Gasteiger partial charge in [0.1, 0.15) is 0 Å². The van der Waals surface area contributed by atoms with Crippen molar-refractivity contribution in [2.24, 2.45) is 0 Å². The largest absolute Gasteiger partial charge is 0.494 e. The number of carbonyl (C=O) groups is 2. The summed E-state index contributed by atoms with van der Waals surface area (Å²) in [5, 5.41) is 0. The van der Waals surface area contributed by atoms with Crippen LogP contribution in [-0.2, 0) is 16.1 Å². The number of halogens is 1. The van der Waals surface area contributed by atoms with Gasteiger partial charge in [-0.05, 0) is 41.5 Å². The number of carbonyl (C=O) groups excluding carboxylic acids is 2. The van der Waals surface area contributed by atoms with E-state index in [1.807, 2.05) is 0 Å². The highest BCUT2D eigenvalue weighted by Gasteiger charge is 2.09. The average Bonchev–Trinajstić information content (AvgIpc) is 2.66. The number of hydrogen-bond donors (Lipinski definition) is 0. The van der Waals surface area contributed by atoms with Crippen molar-refractivity contribution in [3.05, 3.63) is 71.0 Å². The third kappa shape index (κ3) is 4.92. The van der Waals surface area contributed by atoms with Gasteiger partial charge in [-0.25, -0.2) is 9.18 Å². The van der Waals surface area contributed by atoms with Crippen LogP contribution in [0.3, 0.4) is 0 Å². The molecule has 5 nitrogen and oxygen atoms in total. The van der Waals surface area contributed by atoms with E-state index < -0.39 is 11.8 Å². The van der Waals surface area contributed by atoms with E-state index in [2.05, 4.69) is 4.74 Å². The van der Waals surface area contributed by atoms with Crippen molar-refractivity contribution >= 4 is 18.0 Å². The lowest BCUT2D eigenvalue weighted by molar-refractivity contribution is -0.125. The maximum Gasteiger partial charge on any atom is 0.337 e. The Morgan fingerprint density at radius 2 is 1.81 bits per heavy atom. The topological polar surface area (TPSA) is 55.8 Å². The number of likely N-dealkylation sites (N-methyl/N-ethyl adjacent to an activating group) is 1. The van der Waals surface area contributed by atoms with Crippen molar-refractivity contribution in [1.29, 1.82) is 0 Å². The fourth-order valence-electron chi connectivity index (χ4n) is 2.30. The molecule has 2 aromatic carbocycles. The highest BCUT2D eigenvalue weighted by Crippen LogP contribution is 2.18. The smallest absolute Gasteiger partial charge is 0.337 e. The van der Waals surface area contributed by atoms with Gasteiger partial charge in [0.05, 0.1) is 19.8 Å². The molecule has 0 aromatic heterocycles. The Hall–Kier alpha value is -3.15. The summed E-state index contributed by atoms with van der Waals surface area (Å²) in [6, 6.07) is 11.3. The van der Waals surface area contributed by atoms with Gasteiger partial charge in [0.2, 0.25) is 5.91 Å². The molecule has 0 N–H and O–H groups in total. The van der Waals surface area contributed by atoms with Crippen molar-refractivity contribution in [1.82, 2.24) is 4.90 Å². The molecule has 2 aromatic rings. The van der Waals surface area contributed by atoms with E-state index in [1.54, 1.807) is 43.5 Å². The predicted molar refractivity (Wildman–Crippen MR) is 96.2 cm³/mol. The molecule has 0 heterocycles. The lowest BCUT2D eigenvalue weighted by Crippen LogP contribution is -2.24. The first-order valence-corrected chi connectivity index (χ1v) is 7.88. The van der Waals surface area contributed by atoms with Crippen LogP contribution in [0.1, 0.15) is 21.5 Å². The molecule has 0 aliphatic carbocycles. The van der Waals surface area contributed by atoms with E-state index in [1.165, 1.54) is 37.3 Å². The van der Waals surface area contributed by atoms with Gasteiger partial charge in [0.25, 0.3) is 0 Å². The molecule has 6 heteroatoms. The van der Waals surface area contributed by atoms with Gasteiger partial charge in [0.15, 0.2) is 11.6 Å². The molecule has 0 aliphatic heterocycles. The number of benzene rings is 2. The molecular formula is C20H20FNO4. The monoisotopic (exact) mass is 357 g/mol. The Morgan fingerprint density at radius 1 is 1.12 bits per heavy atom. The number of ether oxygens (including phenoxy) is 2. The van der Waals surface area contributed by atoms with Crippen LogP contribution >= 0.6 is 0 Å². The van der Waals surface area contributed by atoms with Crippen LogP contribution in [0.5, 0.6) is 5.75 Å². The van der Waals surface area contributed by atoms with Crippen LogP contribution in [0.15, 0.2) is 48.5 Å². The summed E-state index contributed by atoms with van der Waals surface area (Å²) in [7, 11) is 4.35. The number of esters is 1. The molecule has 0 spiro atoms. The summed E-state index contributed by atoms with van der Waals surface area (Å²) >= 11 is 0. The van der Waals surface area contributed by atoms with Crippen LogP contribution < -0.4 is 4.74 Å². The minimum Gasteiger partial charge on any atom is -0.494 e. The van der Waals surface area contributed by atoms with Gasteiger partial charge in [-0.15, -0.1) is 0 Å². The first kappa shape index (κ1) is 19.2. The molecule has 1 amide bonds. The van der Waals surface area contributed by atoms with E-state index in [0.717, 1.165) is 5.56 Å². The Bertz CT molecular complexity index is 815. The molecule has 0 unspecified atom stereocenters. The van der Waals surface area contributed by atoms with Crippen molar-refractivity contribution in [2.75, 3.05) is 21.3 Å². The standard InChI is InChI=1S/C20H20FNO4/c1-22(13-15-6-10-18(25-2)17(21)12-15)19(23)11-7-14-4-8-16(9-5-14)20(24)26-3/h4-12H,13H2,1-3H3/b11-7+. The number of amides is 1. The SMILES string of the molecule is COC(=O)c1ccc(/C=C/C(=O)N(C)Cc2ccc(OC)c(F)c2)cc1. The first-order valence-electron chi connectivity index (χ1n) is 7.88. The molecule has 0 saturated carbocycles. The zero-order valence-corrected chi connectivity index (χ0v) is 14.9. The minimum atomic E-state index is -0.466. The molecule has 26 heavy (non-hydrogen) atoms. The van der Waals surface area contributed by atoms with Crippen molar-refractivity contribution in [2.45, 2.75) is 6.54 Å². The van der Waals surface area contributed by atoms with Gasteiger partial charge in [0, 0.05) is 19.7 Å². The van der Waals surface area contributed by atoms with E-state index in [4.69, 9.17) is 4.74 Å². The normalized spacial score (nSPS) is 10.6. The third-order valence-electron chi connectivity index (χ3n) is 3.76. The van der Waals surface area contributed by atoms with Crippen LogP contribution in [0.2, 0.25) is 0 Å². The summed E-state index contributed by atoms with van der Waals surface area (Å²) in [5.41, 5.74) is 1.87. The summed E-state index contributed by atoms with van der Waals surface area (Å²) in [6.45, 7) is 0.269. The first-order chi connectivity index (χ1) is 12.4. The number of rotatable bonds is 6. The van der Waals surface area contributed by atoms with Crippen LogP contribution in [-0.4, -0.2) is 38.0 Å². The summed E-state index contributed by atoms with van der Waals surface area (Å²) < 4.78 is 23.2. The number of methoxy groups -OCH3 is 2. The highest BCUT2D eigenvalue weighted by atomic mass is 19.1. The highest BCUT2D eigenvalue weighted by molar-refractivity contribution is 5.92. The fourth-order valence-corrected chi connectivity index (χ4v) is 2.30. The minimum absolute atomic E-state index is 0.165. The van der Waals surface area contributed by atoms with Crippen LogP contribution in [0.4, 0.5) is 4.39 Å². The molecule has 0 aliphatic rings. The van der Waals surface area contributed by atoms with Gasteiger partial charge in [-0.2, -0.15) is 0 Å². The second-order valence-electron chi connectivity index (χ2n) is 5.61. The van der Waals surface area contributed by atoms with E-state index in [9.17, 15) is 14.0 Å². The fraction of sp³-hybridized carbons (Fsp3) is 0.200. The van der Waals surface area contributed by atoms with E-state index >= 15 is 0 Å². The molecule has 0 saturated heterocycles. The molecular weight excluding hydrogens is 337 g/mol. The summed E-state index contributed by atoms with van der Waals surface area (Å²) in [4.78, 5) is 25.1. The molecule has 0 atom stereocenters. The lowest BCUT2D eigenvalue weighted by Gasteiger charge is -2.15. The van der Waals surface area contributed by atoms with Crippen LogP contribution in [0.25, 0.3) is 6.08 Å². The van der Waals surface area contributed by atoms with Gasteiger partial charge in [-0.1, -0.05) is 18.2 Å². The van der Waals surface area contributed by atoms with Crippen molar-refractivity contribution in [3.8, 4) is 5.75 Å². The second-order valence-corrected chi connectivity index (χ2v) is 5.61. The van der Waals surface area contributed by atoms with Gasteiger partial charge < -0.3 is 14.4 Å². The Morgan fingerprint density at radius 3 is 2.38 bits per heavy atom. The molecule has 136 valence electrons. The summed E-state index contributed by atoms with van der Waals surface area (Å²) in [6.07, 6.45) is 3.07. The number of nitrogens with zero attached hydrogens (tertiary/aromatic N) is 1. The maximum atomic E-state index is 13.7. The quantitative estimate of drug-likeness (QED) is 0.588. The van der Waals surface area contributed by atoms with Gasteiger partial charge in [-0.3, -0.25) is 4.79 Å². The van der Waals surface area contributed by atoms with Crippen molar-refractivity contribution < 1.29 is 23.5 Å². The zero-order chi connectivity index (χ0) is 19.1. The molecule has 2 rings (SSSR count). The lowest BCUT2D eigenvalue weighted by atomic mass is 10.1. The maximum absolute atomic E-state index is 13.7. The predicted octanol–water partition coefficient (Wildman–Crippen LogP) is 3.29. The Labute approximate surface area is 151 Å². The Kier molecular flexibility index (Phi) is 6.49. The number of hydrogen-bond acceptors (Lipinski definition) is 4. The van der Waals surface area contributed by atoms with Crippen LogP contribution in [0, 0.1) is 5.82 Å². The molecule has 0 radical (unpaired) electrons. The van der Waals surface area contributed by atoms with Gasteiger partial charge >= 0.3 is 5.97 Å². The second kappa shape index (κ2) is 8.80. The zero-order valence-electron chi connectivity index (χ0n) is 14.9. The van der Waals surface area contributed by atoms with E-state index in [-0.39, 0.29) is 18.2 Å². The molecule has 0 bridgehead atoms. The summed E-state index contributed by atoms with van der Waals surface area (Å²) in [5.74, 6) is -0.938. The van der Waals surface area contributed by atoms with Crippen molar-refractivity contribution in [3.63, 3.8) is 0 Å².